The van der Waals surface area contributed by atoms with Crippen LogP contribution in [-0.4, -0.2) is 34.0 Å². The van der Waals surface area contributed by atoms with Gasteiger partial charge in [0.15, 0.2) is 0 Å². The Morgan fingerprint density at radius 1 is 1.40 bits per heavy atom. The summed E-state index contributed by atoms with van der Waals surface area (Å²) >= 11 is 0. The van der Waals surface area contributed by atoms with Crippen molar-refractivity contribution in [1.29, 1.82) is 0 Å². The normalized spacial score (nSPS) is 28.2. The van der Waals surface area contributed by atoms with Crippen LogP contribution in [0.1, 0.15) is 18.0 Å². The number of aliphatic hydroxyl groups excluding tert-OH is 1. The van der Waals surface area contributed by atoms with Crippen LogP contribution < -0.4 is 0 Å². The molecule has 0 unspecified atom stereocenters. The number of imidazole rings is 1. The van der Waals surface area contributed by atoms with Crippen LogP contribution in [0.15, 0.2) is 30.7 Å². The van der Waals surface area contributed by atoms with Crippen molar-refractivity contribution in [2.75, 3.05) is 13.2 Å². The fourth-order valence-electron chi connectivity index (χ4n) is 3.41. The number of hydrogen-bond donors (Lipinski definition) is 1. The molecule has 0 aliphatic carbocycles. The summed E-state index contributed by atoms with van der Waals surface area (Å²) in [5.41, 5.74) is 2.42. The van der Waals surface area contributed by atoms with Crippen LogP contribution in [0.25, 0.3) is 11.3 Å². The third-order valence-corrected chi connectivity index (χ3v) is 4.36. The van der Waals surface area contributed by atoms with Gasteiger partial charge in [0.2, 0.25) is 0 Å². The van der Waals surface area contributed by atoms with E-state index in [0.29, 0.717) is 25.2 Å². The van der Waals surface area contributed by atoms with E-state index in [9.17, 15) is 9.50 Å². The third kappa shape index (κ3) is 1.57. The lowest BCUT2D eigenvalue weighted by Gasteiger charge is -2.33. The second-order valence-electron chi connectivity index (χ2n) is 5.43. The van der Waals surface area contributed by atoms with Crippen molar-refractivity contribution in [3.8, 4) is 11.3 Å². The van der Waals surface area contributed by atoms with Crippen molar-refractivity contribution < 1.29 is 14.2 Å². The van der Waals surface area contributed by atoms with Crippen LogP contribution in [0.3, 0.4) is 0 Å². The molecular formula is C15H15FN2O2. The minimum Gasteiger partial charge on any atom is -0.393 e. The highest BCUT2D eigenvalue weighted by atomic mass is 19.1. The van der Waals surface area contributed by atoms with Crippen LogP contribution >= 0.6 is 0 Å². The lowest BCUT2D eigenvalue weighted by Crippen LogP contribution is -2.37. The molecule has 1 N–H and O–H groups in total. The summed E-state index contributed by atoms with van der Waals surface area (Å²) in [5, 5.41) is 10.3. The number of rotatable bonds is 1. The first-order valence-corrected chi connectivity index (χ1v) is 6.84. The summed E-state index contributed by atoms with van der Waals surface area (Å²) < 4.78 is 21.8. The van der Waals surface area contributed by atoms with Gasteiger partial charge in [0, 0.05) is 23.7 Å². The minimum absolute atomic E-state index is 0.144. The number of halogens is 1. The molecule has 0 saturated carbocycles. The van der Waals surface area contributed by atoms with Gasteiger partial charge >= 0.3 is 0 Å². The van der Waals surface area contributed by atoms with Gasteiger partial charge < -0.3 is 14.4 Å². The van der Waals surface area contributed by atoms with Crippen LogP contribution in [0.4, 0.5) is 4.39 Å². The molecule has 2 aromatic rings. The molecule has 0 amide bonds. The number of aliphatic hydroxyl groups is 1. The van der Waals surface area contributed by atoms with Gasteiger partial charge in [-0.1, -0.05) is 12.1 Å². The maximum absolute atomic E-state index is 14.3. The Hall–Kier alpha value is -1.72. The molecule has 0 radical (unpaired) electrons. The minimum atomic E-state index is -0.477. The molecule has 4 nitrogen and oxygen atoms in total. The van der Waals surface area contributed by atoms with Crippen LogP contribution in [0, 0.1) is 11.7 Å². The lowest BCUT2D eigenvalue weighted by atomic mass is 9.86. The quantitative estimate of drug-likeness (QED) is 0.865. The first-order valence-electron chi connectivity index (χ1n) is 6.84. The average molecular weight is 274 g/mol. The van der Waals surface area contributed by atoms with Crippen LogP contribution in [-0.2, 0) is 4.74 Å². The molecule has 1 fully saturated rings. The van der Waals surface area contributed by atoms with E-state index < -0.39 is 6.10 Å². The van der Waals surface area contributed by atoms with Crippen molar-refractivity contribution >= 4 is 0 Å². The molecular weight excluding hydrogens is 259 g/mol. The maximum Gasteiger partial charge on any atom is 0.129 e. The van der Waals surface area contributed by atoms with Gasteiger partial charge in [0.1, 0.15) is 5.82 Å². The Bertz CT molecular complexity index is 655. The van der Waals surface area contributed by atoms with Crippen LogP contribution in [0.2, 0.25) is 0 Å². The van der Waals surface area contributed by atoms with E-state index in [1.165, 1.54) is 6.07 Å². The van der Waals surface area contributed by atoms with Gasteiger partial charge in [-0.25, -0.2) is 9.37 Å². The monoisotopic (exact) mass is 274 g/mol. The van der Waals surface area contributed by atoms with Crippen molar-refractivity contribution in [2.45, 2.75) is 18.6 Å². The van der Waals surface area contributed by atoms with Crippen molar-refractivity contribution in [3.05, 3.63) is 42.1 Å². The highest BCUT2D eigenvalue weighted by Crippen LogP contribution is 2.45. The van der Waals surface area contributed by atoms with E-state index >= 15 is 0 Å². The van der Waals surface area contributed by atoms with Crippen LogP contribution in [0.5, 0.6) is 0 Å². The number of nitrogens with zero attached hydrogens (tertiary/aromatic N) is 2. The van der Waals surface area contributed by atoms with E-state index in [4.69, 9.17) is 4.74 Å². The summed E-state index contributed by atoms with van der Waals surface area (Å²) in [6.07, 6.45) is 3.57. The van der Waals surface area contributed by atoms with Gasteiger partial charge in [-0.3, -0.25) is 0 Å². The molecule has 3 atom stereocenters. The van der Waals surface area contributed by atoms with Gasteiger partial charge in [0.05, 0.1) is 37.0 Å². The number of aromatic nitrogens is 2. The Labute approximate surface area is 115 Å². The molecule has 2 aliphatic rings. The summed E-state index contributed by atoms with van der Waals surface area (Å²) in [5.74, 6) is -0.371. The summed E-state index contributed by atoms with van der Waals surface area (Å²) in [7, 11) is 0. The van der Waals surface area contributed by atoms with Crippen molar-refractivity contribution in [1.82, 2.24) is 9.55 Å². The molecule has 1 saturated heterocycles. The summed E-state index contributed by atoms with van der Waals surface area (Å²) in [6.45, 7) is 1.00. The predicted octanol–water partition coefficient (Wildman–Crippen LogP) is 1.99. The number of benzene rings is 1. The Balaban J connectivity index is 1.88. The molecule has 104 valence electrons. The molecule has 0 bridgehead atoms. The maximum atomic E-state index is 14.3. The van der Waals surface area contributed by atoms with Crippen molar-refractivity contribution in [3.63, 3.8) is 0 Å². The van der Waals surface area contributed by atoms with Gasteiger partial charge in [0.25, 0.3) is 0 Å². The van der Waals surface area contributed by atoms with Crippen molar-refractivity contribution in [2.24, 2.45) is 5.92 Å². The van der Waals surface area contributed by atoms with E-state index in [2.05, 4.69) is 4.98 Å². The molecule has 20 heavy (non-hydrogen) atoms. The Morgan fingerprint density at radius 3 is 3.15 bits per heavy atom. The highest BCUT2D eigenvalue weighted by Gasteiger charge is 2.40. The first kappa shape index (κ1) is 12.1. The van der Waals surface area contributed by atoms with E-state index in [1.807, 2.05) is 10.6 Å². The number of fused-ring (bicyclic) bond motifs is 3. The lowest BCUT2D eigenvalue weighted by molar-refractivity contribution is -0.0484. The SMILES string of the molecule is O[C@H]1CCOC[C@@H]1[C@@H]1c2c(F)cccc2-c2cncn21. The number of hydrogen-bond acceptors (Lipinski definition) is 3. The van der Waals surface area contributed by atoms with Gasteiger partial charge in [-0.05, 0) is 12.5 Å². The van der Waals surface area contributed by atoms with E-state index in [-0.39, 0.29) is 17.8 Å². The fraction of sp³-hybridized carbons (Fsp3) is 0.400. The topological polar surface area (TPSA) is 47.3 Å². The van der Waals surface area contributed by atoms with E-state index in [1.54, 1.807) is 18.6 Å². The van der Waals surface area contributed by atoms with Gasteiger partial charge in [-0.2, -0.15) is 0 Å². The summed E-state index contributed by atoms with van der Waals surface area (Å²) in [4.78, 5) is 4.16. The average Bonchev–Trinajstić information content (AvgIpc) is 3.01. The third-order valence-electron chi connectivity index (χ3n) is 4.36. The molecule has 1 aromatic heterocycles. The van der Waals surface area contributed by atoms with Gasteiger partial charge in [-0.15, -0.1) is 0 Å². The predicted molar refractivity (Wildman–Crippen MR) is 70.7 cm³/mol. The largest absolute Gasteiger partial charge is 0.393 e. The molecule has 4 rings (SSSR count). The molecule has 3 heterocycles. The zero-order valence-electron chi connectivity index (χ0n) is 10.9. The standard InChI is InChI=1S/C15H15FN2O2/c16-11-3-1-2-9-12-6-17-8-18(12)15(14(9)11)10-7-20-5-4-13(10)19/h1-3,6,8,10,13,15,19H,4-5,7H2/t10-,13-,15+/m0/s1. The Kier molecular flexibility index (Phi) is 2.65. The zero-order chi connectivity index (χ0) is 13.7. The molecule has 5 heteroatoms. The van der Waals surface area contributed by atoms with E-state index in [0.717, 1.165) is 11.3 Å². The summed E-state index contributed by atoms with van der Waals surface area (Å²) in [6, 6.07) is 4.85. The molecule has 0 spiro atoms. The second kappa shape index (κ2) is 4.40. The smallest absolute Gasteiger partial charge is 0.129 e. The fourth-order valence-corrected chi connectivity index (χ4v) is 3.41. The first-order chi connectivity index (χ1) is 9.77. The molecule has 2 aliphatic heterocycles. The second-order valence-corrected chi connectivity index (χ2v) is 5.43. The Morgan fingerprint density at radius 2 is 2.30 bits per heavy atom. The highest BCUT2D eigenvalue weighted by molar-refractivity contribution is 5.69. The molecule has 1 aromatic carbocycles. The number of ether oxygens (including phenoxy) is 1. The zero-order valence-corrected chi connectivity index (χ0v) is 10.9.